The molecule has 3 nitrogen and oxygen atoms in total. The molecule has 2 rings (SSSR count). The predicted molar refractivity (Wildman–Crippen MR) is 48.3 cm³/mol. The molecular weight excluding hydrogens is 184 g/mol. The SMILES string of the molecule is Cl.O=C1CSC2=NCCCN12. The molecule has 1 fully saturated rings. The Kier molecular flexibility index (Phi) is 2.78. The van der Waals surface area contributed by atoms with Gasteiger partial charge in [-0.15, -0.1) is 12.4 Å². The first-order valence-corrected chi connectivity index (χ1v) is 4.34. The van der Waals surface area contributed by atoms with Crippen LogP contribution in [0.2, 0.25) is 0 Å². The molecule has 0 aliphatic carbocycles. The van der Waals surface area contributed by atoms with Crippen LogP contribution >= 0.6 is 24.2 Å². The van der Waals surface area contributed by atoms with E-state index in [9.17, 15) is 4.79 Å². The summed E-state index contributed by atoms with van der Waals surface area (Å²) < 4.78 is 0. The van der Waals surface area contributed by atoms with Gasteiger partial charge in [-0.25, -0.2) is 0 Å². The van der Waals surface area contributed by atoms with Gasteiger partial charge in [0.1, 0.15) is 0 Å². The lowest BCUT2D eigenvalue weighted by Gasteiger charge is -2.18. The number of hydrogen-bond donors (Lipinski definition) is 0. The molecule has 0 aromatic rings. The number of nitrogens with zero attached hydrogens (tertiary/aromatic N) is 2. The summed E-state index contributed by atoms with van der Waals surface area (Å²) in [5.74, 6) is 0.821. The molecule has 0 N–H and O–H groups in total. The van der Waals surface area contributed by atoms with E-state index in [4.69, 9.17) is 0 Å². The van der Waals surface area contributed by atoms with Gasteiger partial charge in [-0.3, -0.25) is 14.7 Å². The monoisotopic (exact) mass is 192 g/mol. The molecule has 0 unspecified atom stereocenters. The van der Waals surface area contributed by atoms with Crippen LogP contribution < -0.4 is 0 Å². The van der Waals surface area contributed by atoms with Crippen molar-refractivity contribution in [2.24, 2.45) is 4.99 Å². The summed E-state index contributed by atoms with van der Waals surface area (Å²) in [5, 5.41) is 0.941. The number of carbonyl (C=O) groups excluding carboxylic acids is 1. The Morgan fingerprint density at radius 2 is 2.36 bits per heavy atom. The second kappa shape index (κ2) is 3.45. The third-order valence-corrected chi connectivity index (χ3v) is 2.64. The van der Waals surface area contributed by atoms with Crippen LogP contribution in [0.3, 0.4) is 0 Å². The topological polar surface area (TPSA) is 32.7 Å². The highest BCUT2D eigenvalue weighted by atomic mass is 35.5. The highest BCUT2D eigenvalue weighted by Gasteiger charge is 2.28. The summed E-state index contributed by atoms with van der Waals surface area (Å²) >= 11 is 1.56. The zero-order chi connectivity index (χ0) is 6.97. The van der Waals surface area contributed by atoms with Crippen molar-refractivity contribution in [3.8, 4) is 0 Å². The third kappa shape index (κ3) is 1.51. The van der Waals surface area contributed by atoms with E-state index in [0.717, 1.165) is 24.7 Å². The average molecular weight is 193 g/mol. The first-order valence-electron chi connectivity index (χ1n) is 3.35. The Hall–Kier alpha value is -0.220. The Balaban J connectivity index is 0.000000605. The molecule has 5 heteroatoms. The van der Waals surface area contributed by atoms with Gasteiger partial charge in [-0.2, -0.15) is 0 Å². The number of fused-ring (bicyclic) bond motifs is 1. The minimum Gasteiger partial charge on any atom is -0.291 e. The molecule has 0 atom stereocenters. The van der Waals surface area contributed by atoms with Crippen molar-refractivity contribution in [3.63, 3.8) is 0 Å². The van der Waals surface area contributed by atoms with E-state index in [1.165, 1.54) is 0 Å². The molecule has 11 heavy (non-hydrogen) atoms. The largest absolute Gasteiger partial charge is 0.291 e. The molecule has 0 radical (unpaired) electrons. The van der Waals surface area contributed by atoms with Gasteiger partial charge in [-0.1, -0.05) is 11.8 Å². The molecule has 0 aromatic carbocycles. The summed E-state index contributed by atoms with van der Waals surface area (Å²) in [6.45, 7) is 1.77. The lowest BCUT2D eigenvalue weighted by Crippen LogP contribution is -2.33. The van der Waals surface area contributed by atoms with Crippen LogP contribution in [0, 0.1) is 0 Å². The van der Waals surface area contributed by atoms with Crippen LogP contribution in [0.4, 0.5) is 0 Å². The number of hydrogen-bond acceptors (Lipinski definition) is 3. The van der Waals surface area contributed by atoms with Crippen LogP contribution in [0.15, 0.2) is 4.99 Å². The van der Waals surface area contributed by atoms with Crippen molar-refractivity contribution in [3.05, 3.63) is 0 Å². The van der Waals surface area contributed by atoms with Gasteiger partial charge in [0, 0.05) is 13.1 Å². The lowest BCUT2D eigenvalue weighted by molar-refractivity contribution is -0.124. The molecule has 0 saturated carbocycles. The molecule has 62 valence electrons. The van der Waals surface area contributed by atoms with E-state index >= 15 is 0 Å². The van der Waals surface area contributed by atoms with Crippen LogP contribution in [0.5, 0.6) is 0 Å². The van der Waals surface area contributed by atoms with Gasteiger partial charge < -0.3 is 0 Å². The van der Waals surface area contributed by atoms with Crippen LogP contribution in [-0.2, 0) is 4.79 Å². The molecule has 0 bridgehead atoms. The fourth-order valence-corrected chi connectivity index (χ4v) is 2.08. The van der Waals surface area contributed by atoms with Gasteiger partial charge in [-0.05, 0) is 6.42 Å². The number of thioether (sulfide) groups is 1. The zero-order valence-corrected chi connectivity index (χ0v) is 7.58. The van der Waals surface area contributed by atoms with E-state index in [1.54, 1.807) is 16.7 Å². The van der Waals surface area contributed by atoms with E-state index in [2.05, 4.69) is 4.99 Å². The molecule has 2 aliphatic heterocycles. The summed E-state index contributed by atoms with van der Waals surface area (Å²) in [6.07, 6.45) is 1.02. The standard InChI is InChI=1S/C6H8N2OS.ClH/c9-5-4-10-6-7-2-1-3-8(5)6;/h1-4H2;1H. The van der Waals surface area contributed by atoms with Crippen LogP contribution in [0.1, 0.15) is 6.42 Å². The maximum Gasteiger partial charge on any atom is 0.239 e. The maximum absolute atomic E-state index is 11.0. The molecule has 0 spiro atoms. The van der Waals surface area contributed by atoms with E-state index in [-0.39, 0.29) is 18.3 Å². The molecular formula is C6H9ClN2OS. The lowest BCUT2D eigenvalue weighted by atomic mass is 10.3. The highest BCUT2D eigenvalue weighted by Crippen LogP contribution is 2.21. The van der Waals surface area contributed by atoms with Crippen LogP contribution in [-0.4, -0.2) is 34.8 Å². The minimum atomic E-state index is 0. The molecule has 1 amide bonds. The molecule has 2 aliphatic rings. The second-order valence-electron chi connectivity index (χ2n) is 2.35. The number of amidine groups is 1. The van der Waals surface area contributed by atoms with Crippen LogP contribution in [0.25, 0.3) is 0 Å². The quantitative estimate of drug-likeness (QED) is 0.567. The van der Waals surface area contributed by atoms with Crippen molar-refractivity contribution in [1.29, 1.82) is 0 Å². The molecule has 2 heterocycles. The minimum absolute atomic E-state index is 0. The van der Waals surface area contributed by atoms with E-state index in [1.807, 2.05) is 0 Å². The fourth-order valence-electron chi connectivity index (χ4n) is 1.14. The number of amides is 1. The maximum atomic E-state index is 11.0. The van der Waals surface area contributed by atoms with Crippen molar-refractivity contribution < 1.29 is 4.79 Å². The Bertz CT molecular complexity index is 207. The van der Waals surface area contributed by atoms with Crippen molar-refractivity contribution >= 4 is 35.2 Å². The summed E-state index contributed by atoms with van der Waals surface area (Å²) in [7, 11) is 0. The fraction of sp³-hybridized carbons (Fsp3) is 0.667. The second-order valence-corrected chi connectivity index (χ2v) is 3.29. The van der Waals surface area contributed by atoms with Gasteiger partial charge in [0.2, 0.25) is 5.91 Å². The normalized spacial score (nSPS) is 22.4. The number of aliphatic imine (C=N–C) groups is 1. The first kappa shape index (κ1) is 8.87. The average Bonchev–Trinajstić information content (AvgIpc) is 2.34. The van der Waals surface area contributed by atoms with Gasteiger partial charge in [0.25, 0.3) is 0 Å². The molecule has 1 saturated heterocycles. The van der Waals surface area contributed by atoms with Gasteiger partial charge in [0.05, 0.1) is 5.75 Å². The van der Waals surface area contributed by atoms with Crippen molar-refractivity contribution in [2.45, 2.75) is 6.42 Å². The number of rotatable bonds is 0. The van der Waals surface area contributed by atoms with Crippen molar-refractivity contribution in [1.82, 2.24) is 4.90 Å². The number of carbonyl (C=O) groups is 1. The van der Waals surface area contributed by atoms with E-state index in [0.29, 0.717) is 5.75 Å². The van der Waals surface area contributed by atoms with Crippen molar-refractivity contribution in [2.75, 3.05) is 18.8 Å². The predicted octanol–water partition coefficient (Wildman–Crippen LogP) is 0.743. The summed E-state index contributed by atoms with van der Waals surface area (Å²) in [5.41, 5.74) is 0. The Morgan fingerprint density at radius 3 is 3.09 bits per heavy atom. The highest BCUT2D eigenvalue weighted by molar-refractivity contribution is 8.15. The third-order valence-electron chi connectivity index (χ3n) is 1.64. The molecule has 0 aromatic heterocycles. The smallest absolute Gasteiger partial charge is 0.239 e. The zero-order valence-electron chi connectivity index (χ0n) is 5.95. The summed E-state index contributed by atoms with van der Waals surface area (Å²) in [6, 6.07) is 0. The van der Waals surface area contributed by atoms with E-state index < -0.39 is 0 Å². The Morgan fingerprint density at radius 1 is 1.55 bits per heavy atom. The first-order chi connectivity index (χ1) is 4.88. The summed E-state index contributed by atoms with van der Waals surface area (Å²) in [4.78, 5) is 17.0. The van der Waals surface area contributed by atoms with Gasteiger partial charge in [0.15, 0.2) is 5.17 Å². The number of halogens is 1. The van der Waals surface area contributed by atoms with Gasteiger partial charge >= 0.3 is 0 Å². The Labute approximate surface area is 75.6 Å².